The first-order valence-electron chi connectivity index (χ1n) is 14.8. The number of rotatable bonds is 7. The first-order chi connectivity index (χ1) is 22.1. The highest BCUT2D eigenvalue weighted by atomic mass is 35.5. The normalized spacial score (nSPS) is 14.1. The Hall–Kier alpha value is -3.98. The molecule has 1 aliphatic heterocycles. The molecule has 5 nitrogen and oxygen atoms in total. The van der Waals surface area contributed by atoms with Gasteiger partial charge in [0.2, 0.25) is 0 Å². The summed E-state index contributed by atoms with van der Waals surface area (Å²) in [5.41, 5.74) is 7.55. The van der Waals surface area contributed by atoms with Crippen LogP contribution in [0.15, 0.2) is 97.1 Å². The molecular formula is C36H33Cl2F3N2O3. The summed E-state index contributed by atoms with van der Waals surface area (Å²) in [5.74, 6) is -1.48. The van der Waals surface area contributed by atoms with Crippen LogP contribution < -0.4 is 4.74 Å². The lowest BCUT2D eigenvalue weighted by molar-refractivity contribution is -0.192. The molecule has 240 valence electrons. The number of carbonyl (C=O) groups is 1. The van der Waals surface area contributed by atoms with E-state index < -0.39 is 12.1 Å². The number of carboxylic acid groups (broad SMARTS) is 1. The van der Waals surface area contributed by atoms with E-state index in [9.17, 15) is 13.2 Å². The molecule has 0 amide bonds. The second-order valence-electron chi connectivity index (χ2n) is 11.1. The molecule has 0 atom stereocenters. The van der Waals surface area contributed by atoms with E-state index in [2.05, 4.69) is 76.2 Å². The third-order valence-electron chi connectivity index (χ3n) is 8.24. The number of hydrogen-bond acceptors (Lipinski definition) is 3. The van der Waals surface area contributed by atoms with Gasteiger partial charge in [0, 0.05) is 34.0 Å². The van der Waals surface area contributed by atoms with Crippen LogP contribution in [0.1, 0.15) is 35.4 Å². The Kier molecular flexibility index (Phi) is 10.6. The van der Waals surface area contributed by atoms with E-state index in [1.807, 2.05) is 30.3 Å². The molecule has 1 N–H and O–H groups in total. The molecule has 0 saturated carbocycles. The van der Waals surface area contributed by atoms with Crippen LogP contribution in [0.4, 0.5) is 13.2 Å². The minimum atomic E-state index is -5.08. The Morgan fingerprint density at radius 1 is 0.848 bits per heavy atom. The van der Waals surface area contributed by atoms with Gasteiger partial charge in [-0.1, -0.05) is 89.9 Å². The number of aromatic nitrogens is 1. The lowest BCUT2D eigenvalue weighted by Gasteiger charge is -2.33. The number of ether oxygens (including phenoxy) is 1. The zero-order valence-corrected chi connectivity index (χ0v) is 26.6. The number of hydrogen-bond donors (Lipinski definition) is 1. The number of benzene rings is 4. The van der Waals surface area contributed by atoms with Crippen molar-refractivity contribution in [3.05, 3.63) is 124 Å². The molecule has 0 aliphatic carbocycles. The summed E-state index contributed by atoms with van der Waals surface area (Å²) in [5, 5.41) is 10.0. The predicted molar refractivity (Wildman–Crippen MR) is 177 cm³/mol. The highest BCUT2D eigenvalue weighted by Crippen LogP contribution is 2.40. The molecule has 1 aliphatic rings. The van der Waals surface area contributed by atoms with E-state index in [0.29, 0.717) is 5.92 Å². The van der Waals surface area contributed by atoms with Crippen molar-refractivity contribution >= 4 is 40.1 Å². The number of carboxylic acids is 1. The minimum Gasteiger partial charge on any atom is -0.497 e. The third kappa shape index (κ3) is 7.69. The van der Waals surface area contributed by atoms with Gasteiger partial charge in [-0.25, -0.2) is 4.79 Å². The summed E-state index contributed by atoms with van der Waals surface area (Å²) in [7, 11) is 1.71. The third-order valence-corrected chi connectivity index (χ3v) is 8.90. The van der Waals surface area contributed by atoms with Crippen LogP contribution in [0, 0.1) is 0 Å². The summed E-state index contributed by atoms with van der Waals surface area (Å²) < 4.78 is 39.6. The Morgan fingerprint density at radius 3 is 2.02 bits per heavy atom. The molecule has 0 spiro atoms. The van der Waals surface area contributed by atoms with Crippen LogP contribution in [0.3, 0.4) is 0 Å². The van der Waals surface area contributed by atoms with E-state index in [1.54, 1.807) is 7.11 Å². The van der Waals surface area contributed by atoms with Crippen LogP contribution in [0.5, 0.6) is 5.75 Å². The SMILES string of the molecule is COc1ccc(Cn2c(-c3ccccc3)c(CN3CCC(c4c(Cl)cccc4Cl)CC3)c3ccccc32)cc1.O=C(O)C(F)(F)F. The maximum absolute atomic E-state index is 10.6. The molecule has 1 saturated heterocycles. The number of piperidine rings is 1. The Labute approximate surface area is 275 Å². The number of aliphatic carboxylic acids is 1. The van der Waals surface area contributed by atoms with E-state index in [4.69, 9.17) is 37.8 Å². The Morgan fingerprint density at radius 2 is 1.43 bits per heavy atom. The Bertz CT molecular complexity index is 1760. The van der Waals surface area contributed by atoms with Crippen molar-refractivity contribution in [1.29, 1.82) is 0 Å². The topological polar surface area (TPSA) is 54.7 Å². The second kappa shape index (κ2) is 14.6. The summed E-state index contributed by atoms with van der Waals surface area (Å²) in [4.78, 5) is 11.5. The summed E-state index contributed by atoms with van der Waals surface area (Å²) in [6, 6.07) is 33.9. The molecule has 2 heterocycles. The highest BCUT2D eigenvalue weighted by molar-refractivity contribution is 6.36. The standard InChI is InChI=1S/C34H32Cl2N2O.C2HF3O2/c1-39-27-16-14-24(15-17-27)22-38-32-13-6-5-10-28(32)29(34(38)26-8-3-2-4-9-26)23-37-20-18-25(19-21-37)33-30(35)11-7-12-31(33)36;3-2(4,5)1(6)7/h2-17,25H,18-23H2,1H3;(H,6,7). The van der Waals surface area contributed by atoms with Gasteiger partial charge < -0.3 is 14.4 Å². The number of alkyl halides is 3. The van der Waals surface area contributed by atoms with Crippen molar-refractivity contribution in [2.24, 2.45) is 0 Å². The lowest BCUT2D eigenvalue weighted by atomic mass is 9.89. The van der Waals surface area contributed by atoms with Crippen LogP contribution >= 0.6 is 23.2 Å². The number of methoxy groups -OCH3 is 1. The minimum absolute atomic E-state index is 0.396. The van der Waals surface area contributed by atoms with Crippen LogP contribution in [0.2, 0.25) is 10.0 Å². The van der Waals surface area contributed by atoms with E-state index >= 15 is 0 Å². The fourth-order valence-electron chi connectivity index (χ4n) is 6.04. The molecule has 5 aromatic rings. The van der Waals surface area contributed by atoms with E-state index in [1.165, 1.54) is 33.3 Å². The number of likely N-dealkylation sites (tertiary alicyclic amines) is 1. The fourth-order valence-corrected chi connectivity index (χ4v) is 6.75. The summed E-state index contributed by atoms with van der Waals surface area (Å²) in [6.45, 7) is 3.72. The molecule has 10 heteroatoms. The largest absolute Gasteiger partial charge is 0.497 e. The molecule has 0 bridgehead atoms. The fraction of sp³-hybridized carbons (Fsp3) is 0.250. The van der Waals surface area contributed by atoms with Gasteiger partial charge in [0.25, 0.3) is 0 Å². The number of para-hydroxylation sites is 1. The average Bonchev–Trinajstić information content (AvgIpc) is 3.35. The Balaban J connectivity index is 0.000000537. The molecule has 1 fully saturated rings. The van der Waals surface area contributed by atoms with Crippen molar-refractivity contribution < 1.29 is 27.8 Å². The van der Waals surface area contributed by atoms with E-state index in [-0.39, 0.29) is 0 Å². The van der Waals surface area contributed by atoms with Gasteiger partial charge in [0.1, 0.15) is 5.75 Å². The van der Waals surface area contributed by atoms with Crippen molar-refractivity contribution in [2.45, 2.75) is 38.0 Å². The maximum atomic E-state index is 10.6. The predicted octanol–water partition coefficient (Wildman–Crippen LogP) is 9.68. The van der Waals surface area contributed by atoms with Crippen LogP contribution in [0.25, 0.3) is 22.2 Å². The zero-order valence-electron chi connectivity index (χ0n) is 25.1. The van der Waals surface area contributed by atoms with Gasteiger partial charge in [0.15, 0.2) is 0 Å². The molecule has 0 radical (unpaired) electrons. The van der Waals surface area contributed by atoms with Gasteiger partial charge in [0.05, 0.1) is 12.8 Å². The molecule has 1 aromatic heterocycles. The molecule has 6 rings (SSSR count). The van der Waals surface area contributed by atoms with E-state index in [0.717, 1.165) is 60.4 Å². The zero-order chi connectivity index (χ0) is 32.8. The number of halogens is 5. The van der Waals surface area contributed by atoms with Crippen molar-refractivity contribution in [1.82, 2.24) is 9.47 Å². The van der Waals surface area contributed by atoms with Crippen molar-refractivity contribution in [2.75, 3.05) is 20.2 Å². The average molecular weight is 670 g/mol. The first-order valence-corrected chi connectivity index (χ1v) is 15.6. The van der Waals surface area contributed by atoms with Gasteiger partial charge in [-0.2, -0.15) is 13.2 Å². The van der Waals surface area contributed by atoms with Gasteiger partial charge in [-0.05, 0) is 84.4 Å². The lowest BCUT2D eigenvalue weighted by Crippen LogP contribution is -2.32. The molecular weight excluding hydrogens is 636 g/mol. The number of fused-ring (bicyclic) bond motifs is 1. The monoisotopic (exact) mass is 668 g/mol. The smallest absolute Gasteiger partial charge is 0.490 e. The summed E-state index contributed by atoms with van der Waals surface area (Å²) >= 11 is 13.1. The molecule has 46 heavy (non-hydrogen) atoms. The molecule has 4 aromatic carbocycles. The van der Waals surface area contributed by atoms with Crippen molar-refractivity contribution in [3.8, 4) is 17.0 Å². The van der Waals surface area contributed by atoms with Crippen LogP contribution in [-0.2, 0) is 17.9 Å². The van der Waals surface area contributed by atoms with Gasteiger partial charge in [-0.3, -0.25) is 4.90 Å². The quantitative estimate of drug-likeness (QED) is 0.188. The first kappa shape index (κ1) is 33.4. The summed E-state index contributed by atoms with van der Waals surface area (Å²) in [6.07, 6.45) is -2.98. The van der Waals surface area contributed by atoms with Crippen LogP contribution in [-0.4, -0.2) is 46.9 Å². The molecule has 0 unspecified atom stereocenters. The second-order valence-corrected chi connectivity index (χ2v) is 11.9. The highest BCUT2D eigenvalue weighted by Gasteiger charge is 2.38. The number of nitrogens with zero attached hydrogens (tertiary/aromatic N) is 2. The van der Waals surface area contributed by atoms with Crippen molar-refractivity contribution in [3.63, 3.8) is 0 Å². The van der Waals surface area contributed by atoms with Gasteiger partial charge >= 0.3 is 12.1 Å². The maximum Gasteiger partial charge on any atom is 0.490 e. The van der Waals surface area contributed by atoms with Gasteiger partial charge in [-0.15, -0.1) is 0 Å².